The van der Waals surface area contributed by atoms with Gasteiger partial charge in [-0.1, -0.05) is 38.3 Å². The molecule has 2 atom stereocenters. The highest BCUT2D eigenvalue weighted by Crippen LogP contribution is 2.20. The summed E-state index contributed by atoms with van der Waals surface area (Å²) >= 11 is 0. The van der Waals surface area contributed by atoms with E-state index >= 15 is 0 Å². The van der Waals surface area contributed by atoms with E-state index in [1.807, 2.05) is 12.1 Å². The molecule has 1 aliphatic rings. The van der Waals surface area contributed by atoms with Crippen molar-refractivity contribution < 1.29 is 8.42 Å². The van der Waals surface area contributed by atoms with Crippen LogP contribution in [0.5, 0.6) is 0 Å². The first-order valence-electron chi connectivity index (χ1n) is 7.40. The molecule has 1 aliphatic carbocycles. The van der Waals surface area contributed by atoms with Gasteiger partial charge in [-0.15, -0.1) is 0 Å². The van der Waals surface area contributed by atoms with Gasteiger partial charge in [0, 0.05) is 12.1 Å². The SMILES string of the molecule is CCCc1ccc(S(=O)(=O)N[C@@H]2CCCC[C@H]2N)cc1. The summed E-state index contributed by atoms with van der Waals surface area (Å²) in [6.07, 6.45) is 5.88. The van der Waals surface area contributed by atoms with Crippen molar-refractivity contribution in [2.24, 2.45) is 5.73 Å². The lowest BCUT2D eigenvalue weighted by Gasteiger charge is -2.29. The van der Waals surface area contributed by atoms with Gasteiger partial charge >= 0.3 is 0 Å². The van der Waals surface area contributed by atoms with Crippen LogP contribution in [0.3, 0.4) is 0 Å². The molecule has 3 N–H and O–H groups in total. The fourth-order valence-electron chi connectivity index (χ4n) is 2.70. The molecule has 1 fully saturated rings. The minimum atomic E-state index is -3.45. The quantitative estimate of drug-likeness (QED) is 0.875. The van der Waals surface area contributed by atoms with Gasteiger partial charge in [-0.05, 0) is 37.0 Å². The minimum Gasteiger partial charge on any atom is -0.326 e. The van der Waals surface area contributed by atoms with E-state index in [4.69, 9.17) is 5.73 Å². The Morgan fingerprint density at radius 1 is 1.20 bits per heavy atom. The van der Waals surface area contributed by atoms with E-state index in [2.05, 4.69) is 11.6 Å². The standard InChI is InChI=1S/C15H24N2O2S/c1-2-5-12-8-10-13(11-9-12)20(18,19)17-15-7-4-3-6-14(15)16/h8-11,14-15,17H,2-7,16H2,1H3/t14-,15-/m1/s1. The molecule has 0 spiro atoms. The number of benzene rings is 1. The highest BCUT2D eigenvalue weighted by atomic mass is 32.2. The van der Waals surface area contributed by atoms with Crippen LogP contribution in [-0.2, 0) is 16.4 Å². The van der Waals surface area contributed by atoms with Crippen LogP contribution in [0.4, 0.5) is 0 Å². The summed E-state index contributed by atoms with van der Waals surface area (Å²) in [6.45, 7) is 2.11. The summed E-state index contributed by atoms with van der Waals surface area (Å²) in [4.78, 5) is 0.329. The highest BCUT2D eigenvalue weighted by Gasteiger charge is 2.26. The number of nitrogens with one attached hydrogen (secondary N) is 1. The van der Waals surface area contributed by atoms with E-state index in [1.54, 1.807) is 12.1 Å². The predicted octanol–water partition coefficient (Wildman–Crippen LogP) is 2.19. The first-order chi connectivity index (χ1) is 9.53. The fraction of sp³-hybridized carbons (Fsp3) is 0.600. The first kappa shape index (κ1) is 15.5. The normalized spacial score (nSPS) is 23.7. The summed E-state index contributed by atoms with van der Waals surface area (Å²) in [5.41, 5.74) is 7.17. The summed E-state index contributed by atoms with van der Waals surface area (Å²) in [6, 6.07) is 6.93. The molecule has 0 radical (unpaired) electrons. The molecule has 0 unspecified atom stereocenters. The third kappa shape index (κ3) is 3.81. The van der Waals surface area contributed by atoms with Crippen molar-refractivity contribution in [3.05, 3.63) is 29.8 Å². The van der Waals surface area contributed by atoms with Gasteiger partial charge in [-0.25, -0.2) is 13.1 Å². The van der Waals surface area contributed by atoms with Crippen LogP contribution in [0.15, 0.2) is 29.2 Å². The van der Waals surface area contributed by atoms with E-state index in [9.17, 15) is 8.42 Å². The highest BCUT2D eigenvalue weighted by molar-refractivity contribution is 7.89. The Morgan fingerprint density at radius 2 is 1.85 bits per heavy atom. The first-order valence-corrected chi connectivity index (χ1v) is 8.88. The molecule has 112 valence electrons. The molecule has 4 nitrogen and oxygen atoms in total. The number of hydrogen-bond donors (Lipinski definition) is 2. The monoisotopic (exact) mass is 296 g/mol. The maximum absolute atomic E-state index is 12.3. The maximum atomic E-state index is 12.3. The largest absolute Gasteiger partial charge is 0.326 e. The van der Waals surface area contributed by atoms with Gasteiger partial charge in [0.1, 0.15) is 0 Å². The van der Waals surface area contributed by atoms with Crippen molar-refractivity contribution in [1.29, 1.82) is 0 Å². The fourth-order valence-corrected chi connectivity index (χ4v) is 4.02. The van der Waals surface area contributed by atoms with E-state index in [0.29, 0.717) is 4.90 Å². The number of sulfonamides is 1. The molecule has 0 heterocycles. The second kappa shape index (κ2) is 6.70. The molecule has 2 rings (SSSR count). The van der Waals surface area contributed by atoms with Crippen LogP contribution >= 0.6 is 0 Å². The summed E-state index contributed by atoms with van der Waals surface area (Å²) in [7, 11) is -3.45. The molecular weight excluding hydrogens is 272 g/mol. The maximum Gasteiger partial charge on any atom is 0.240 e. The molecule has 1 saturated carbocycles. The molecule has 0 saturated heterocycles. The third-order valence-electron chi connectivity index (χ3n) is 3.90. The zero-order valence-corrected chi connectivity index (χ0v) is 12.8. The Bertz CT molecular complexity index is 525. The Labute approximate surface area is 121 Å². The second-order valence-corrected chi connectivity index (χ2v) is 7.28. The molecule has 1 aromatic rings. The zero-order chi connectivity index (χ0) is 14.6. The van der Waals surface area contributed by atoms with E-state index < -0.39 is 10.0 Å². The molecule has 0 aromatic heterocycles. The smallest absolute Gasteiger partial charge is 0.240 e. The Hall–Kier alpha value is -0.910. The summed E-state index contributed by atoms with van der Waals surface area (Å²) in [5, 5.41) is 0. The number of aryl methyl sites for hydroxylation is 1. The van der Waals surface area contributed by atoms with Crippen molar-refractivity contribution in [3.8, 4) is 0 Å². The zero-order valence-electron chi connectivity index (χ0n) is 12.0. The van der Waals surface area contributed by atoms with Crippen LogP contribution in [-0.4, -0.2) is 20.5 Å². The lowest BCUT2D eigenvalue weighted by atomic mass is 9.92. The Kier molecular flexibility index (Phi) is 5.18. The van der Waals surface area contributed by atoms with Crippen molar-refractivity contribution in [2.75, 3.05) is 0 Å². The molecular formula is C15H24N2O2S. The van der Waals surface area contributed by atoms with Gasteiger partial charge in [0.15, 0.2) is 0 Å². The van der Waals surface area contributed by atoms with Crippen LogP contribution in [0, 0.1) is 0 Å². The summed E-state index contributed by atoms with van der Waals surface area (Å²) < 4.78 is 27.5. The predicted molar refractivity (Wildman–Crippen MR) is 81.0 cm³/mol. The van der Waals surface area contributed by atoms with E-state index in [0.717, 1.165) is 38.5 Å². The molecule has 5 heteroatoms. The van der Waals surface area contributed by atoms with E-state index in [1.165, 1.54) is 5.56 Å². The van der Waals surface area contributed by atoms with Gasteiger partial charge < -0.3 is 5.73 Å². The molecule has 20 heavy (non-hydrogen) atoms. The molecule has 0 aliphatic heterocycles. The van der Waals surface area contributed by atoms with Gasteiger partial charge in [0.05, 0.1) is 4.90 Å². The van der Waals surface area contributed by atoms with Crippen molar-refractivity contribution in [2.45, 2.75) is 62.4 Å². The topological polar surface area (TPSA) is 72.2 Å². The molecule has 1 aromatic carbocycles. The van der Waals surface area contributed by atoms with Crippen molar-refractivity contribution in [1.82, 2.24) is 4.72 Å². The van der Waals surface area contributed by atoms with Gasteiger partial charge in [0.25, 0.3) is 0 Å². The van der Waals surface area contributed by atoms with Crippen LogP contribution < -0.4 is 10.5 Å². The molecule has 0 amide bonds. The minimum absolute atomic E-state index is 0.0714. The van der Waals surface area contributed by atoms with Crippen LogP contribution in [0.2, 0.25) is 0 Å². The number of hydrogen-bond acceptors (Lipinski definition) is 3. The lowest BCUT2D eigenvalue weighted by molar-refractivity contribution is 0.361. The van der Waals surface area contributed by atoms with Crippen molar-refractivity contribution in [3.63, 3.8) is 0 Å². The summed E-state index contributed by atoms with van der Waals surface area (Å²) in [5.74, 6) is 0. The van der Waals surface area contributed by atoms with Crippen LogP contribution in [0.1, 0.15) is 44.6 Å². The van der Waals surface area contributed by atoms with Gasteiger partial charge in [-0.2, -0.15) is 0 Å². The van der Waals surface area contributed by atoms with Crippen LogP contribution in [0.25, 0.3) is 0 Å². The average Bonchev–Trinajstić information content (AvgIpc) is 2.42. The number of rotatable bonds is 5. The number of nitrogens with two attached hydrogens (primary N) is 1. The molecule has 0 bridgehead atoms. The van der Waals surface area contributed by atoms with Crippen molar-refractivity contribution >= 4 is 10.0 Å². The Balaban J connectivity index is 2.09. The average molecular weight is 296 g/mol. The van der Waals surface area contributed by atoms with Gasteiger partial charge in [0.2, 0.25) is 10.0 Å². The van der Waals surface area contributed by atoms with E-state index in [-0.39, 0.29) is 12.1 Å². The Morgan fingerprint density at radius 3 is 2.45 bits per heavy atom. The lowest BCUT2D eigenvalue weighted by Crippen LogP contribution is -2.49. The third-order valence-corrected chi connectivity index (χ3v) is 5.40. The van der Waals surface area contributed by atoms with Gasteiger partial charge in [-0.3, -0.25) is 0 Å². The second-order valence-electron chi connectivity index (χ2n) is 5.57.